The van der Waals surface area contributed by atoms with Gasteiger partial charge in [-0.3, -0.25) is 9.59 Å². The molecule has 0 saturated heterocycles. The topological polar surface area (TPSA) is 69.7 Å². The van der Waals surface area contributed by atoms with Crippen LogP contribution in [0.5, 0.6) is 0 Å². The van der Waals surface area contributed by atoms with Crippen molar-refractivity contribution < 1.29 is 23.9 Å². The van der Waals surface area contributed by atoms with Gasteiger partial charge in [-0.2, -0.15) is 0 Å². The Hall–Kier alpha value is -1.65. The molecular formula is C14H20O5. The van der Waals surface area contributed by atoms with Crippen LogP contribution in [0.15, 0.2) is 11.6 Å². The van der Waals surface area contributed by atoms with Crippen LogP contribution < -0.4 is 0 Å². The number of hydrogen-bond acceptors (Lipinski definition) is 5. The Bertz CT molecular complexity index is 359. The summed E-state index contributed by atoms with van der Waals surface area (Å²) in [5.74, 6) is -1.36. The van der Waals surface area contributed by atoms with E-state index in [0.717, 1.165) is 12.8 Å². The van der Waals surface area contributed by atoms with E-state index < -0.39 is 17.4 Å². The lowest BCUT2D eigenvalue weighted by Crippen LogP contribution is -2.42. The second kappa shape index (κ2) is 7.07. The molecule has 0 aromatic rings. The maximum absolute atomic E-state index is 12.1. The first-order chi connectivity index (χ1) is 9.10. The first kappa shape index (κ1) is 15.4. The second-order valence-electron chi connectivity index (χ2n) is 4.46. The molecule has 0 bridgehead atoms. The molecule has 0 aliphatic heterocycles. The van der Waals surface area contributed by atoms with Crippen molar-refractivity contribution in [3.05, 3.63) is 11.6 Å². The average Bonchev–Trinajstić information content (AvgIpc) is 3.19. The molecule has 0 atom stereocenters. The molecule has 0 aromatic heterocycles. The van der Waals surface area contributed by atoms with Gasteiger partial charge in [0.15, 0.2) is 5.41 Å². The van der Waals surface area contributed by atoms with Gasteiger partial charge in [-0.1, -0.05) is 11.6 Å². The van der Waals surface area contributed by atoms with Gasteiger partial charge in [-0.25, -0.2) is 0 Å². The van der Waals surface area contributed by atoms with Crippen LogP contribution >= 0.6 is 0 Å². The monoisotopic (exact) mass is 268 g/mol. The van der Waals surface area contributed by atoms with Crippen molar-refractivity contribution >= 4 is 18.2 Å². The standard InChI is InChI=1S/C14H20O5/c1-3-18-12(16)14(9-10-15,13(17)19-4-2)8-7-11-5-6-11/h7,10H,3-6,8-9H2,1-2H3. The highest BCUT2D eigenvalue weighted by Crippen LogP contribution is 2.35. The van der Waals surface area contributed by atoms with E-state index in [1.54, 1.807) is 13.8 Å². The zero-order valence-electron chi connectivity index (χ0n) is 11.4. The predicted octanol–water partition coefficient (Wildman–Crippen LogP) is 1.80. The van der Waals surface area contributed by atoms with E-state index in [0.29, 0.717) is 6.29 Å². The van der Waals surface area contributed by atoms with Crippen LogP contribution in [-0.2, 0) is 23.9 Å². The summed E-state index contributed by atoms with van der Waals surface area (Å²) in [5.41, 5.74) is -0.326. The van der Waals surface area contributed by atoms with Gasteiger partial charge in [0.2, 0.25) is 0 Å². The minimum absolute atomic E-state index is 0.162. The molecule has 19 heavy (non-hydrogen) atoms. The van der Waals surface area contributed by atoms with Gasteiger partial charge < -0.3 is 14.3 Å². The summed E-state index contributed by atoms with van der Waals surface area (Å²) >= 11 is 0. The average molecular weight is 268 g/mol. The van der Waals surface area contributed by atoms with E-state index in [1.165, 1.54) is 5.57 Å². The van der Waals surface area contributed by atoms with Crippen LogP contribution in [0.25, 0.3) is 0 Å². The number of allylic oxidation sites excluding steroid dienone is 2. The molecule has 5 nitrogen and oxygen atoms in total. The third-order valence-corrected chi connectivity index (χ3v) is 3.04. The summed E-state index contributed by atoms with van der Waals surface area (Å²) in [6.07, 6.45) is 4.34. The van der Waals surface area contributed by atoms with Gasteiger partial charge in [-0.15, -0.1) is 0 Å². The third-order valence-electron chi connectivity index (χ3n) is 3.04. The first-order valence-electron chi connectivity index (χ1n) is 6.56. The van der Waals surface area contributed by atoms with Gasteiger partial charge in [0, 0.05) is 6.42 Å². The minimum Gasteiger partial charge on any atom is -0.465 e. The highest BCUT2D eigenvalue weighted by atomic mass is 16.6. The zero-order valence-corrected chi connectivity index (χ0v) is 11.4. The van der Waals surface area contributed by atoms with E-state index in [2.05, 4.69) is 0 Å². The lowest BCUT2D eigenvalue weighted by Gasteiger charge is -2.26. The van der Waals surface area contributed by atoms with Crippen LogP contribution in [0.3, 0.4) is 0 Å². The first-order valence-corrected chi connectivity index (χ1v) is 6.56. The van der Waals surface area contributed by atoms with Gasteiger partial charge in [0.1, 0.15) is 6.29 Å². The smallest absolute Gasteiger partial charge is 0.324 e. The number of carbonyl (C=O) groups is 3. The summed E-state index contributed by atoms with van der Waals surface area (Å²) in [4.78, 5) is 35.0. The zero-order chi connectivity index (χ0) is 14.3. The van der Waals surface area contributed by atoms with Crippen molar-refractivity contribution in [2.75, 3.05) is 13.2 Å². The second-order valence-corrected chi connectivity index (χ2v) is 4.46. The summed E-state index contributed by atoms with van der Waals surface area (Å²) in [5, 5.41) is 0. The van der Waals surface area contributed by atoms with E-state index in [4.69, 9.17) is 9.47 Å². The highest BCUT2D eigenvalue weighted by Gasteiger charge is 2.48. The van der Waals surface area contributed by atoms with Gasteiger partial charge in [-0.05, 0) is 33.1 Å². The Balaban J connectivity index is 2.99. The minimum atomic E-state index is -1.52. The molecule has 0 N–H and O–H groups in total. The largest absolute Gasteiger partial charge is 0.465 e. The molecule has 1 fully saturated rings. The van der Waals surface area contributed by atoms with E-state index >= 15 is 0 Å². The number of carbonyl (C=O) groups excluding carboxylic acids is 3. The number of ether oxygens (including phenoxy) is 2. The summed E-state index contributed by atoms with van der Waals surface area (Å²) in [7, 11) is 0. The fraction of sp³-hybridized carbons (Fsp3) is 0.643. The SMILES string of the molecule is CCOC(=O)C(CC=O)(CC=C1CC1)C(=O)OCC. The number of hydrogen-bond donors (Lipinski definition) is 0. The Kier molecular flexibility index (Phi) is 5.73. The Labute approximate surface area is 112 Å². The van der Waals surface area contributed by atoms with Gasteiger partial charge >= 0.3 is 11.9 Å². The molecule has 1 saturated carbocycles. The molecule has 0 amide bonds. The van der Waals surface area contributed by atoms with Crippen molar-refractivity contribution in [3.8, 4) is 0 Å². The Morgan fingerprint density at radius 3 is 2.00 bits per heavy atom. The van der Waals surface area contributed by atoms with Crippen LogP contribution in [0.2, 0.25) is 0 Å². The molecule has 0 unspecified atom stereocenters. The van der Waals surface area contributed by atoms with Crippen LogP contribution in [0.4, 0.5) is 0 Å². The molecule has 0 aromatic carbocycles. The van der Waals surface area contributed by atoms with Crippen molar-refractivity contribution in [1.29, 1.82) is 0 Å². The molecular weight excluding hydrogens is 248 g/mol. The number of aldehydes is 1. The summed E-state index contributed by atoms with van der Waals surface area (Å²) < 4.78 is 9.90. The fourth-order valence-corrected chi connectivity index (χ4v) is 1.78. The van der Waals surface area contributed by atoms with E-state index in [1.807, 2.05) is 6.08 Å². The third kappa shape index (κ3) is 3.91. The van der Waals surface area contributed by atoms with Crippen molar-refractivity contribution in [2.24, 2.45) is 5.41 Å². The molecule has 106 valence electrons. The quantitative estimate of drug-likeness (QED) is 0.290. The molecule has 1 aliphatic carbocycles. The maximum atomic E-state index is 12.1. The number of esters is 2. The van der Waals surface area contributed by atoms with Gasteiger partial charge in [0.25, 0.3) is 0 Å². The van der Waals surface area contributed by atoms with Crippen molar-refractivity contribution in [2.45, 2.75) is 39.5 Å². The lowest BCUT2D eigenvalue weighted by molar-refractivity contribution is -0.173. The molecule has 0 spiro atoms. The maximum Gasteiger partial charge on any atom is 0.324 e. The van der Waals surface area contributed by atoms with Crippen molar-refractivity contribution in [1.82, 2.24) is 0 Å². The highest BCUT2D eigenvalue weighted by molar-refractivity contribution is 6.02. The number of rotatable bonds is 8. The Morgan fingerprint density at radius 1 is 1.11 bits per heavy atom. The molecule has 1 rings (SSSR count). The summed E-state index contributed by atoms with van der Waals surface area (Å²) in [6, 6.07) is 0. The molecule has 1 aliphatic rings. The van der Waals surface area contributed by atoms with Crippen LogP contribution in [0.1, 0.15) is 39.5 Å². The van der Waals surface area contributed by atoms with Gasteiger partial charge in [0.05, 0.1) is 13.2 Å². The predicted molar refractivity (Wildman–Crippen MR) is 68.3 cm³/mol. The summed E-state index contributed by atoms with van der Waals surface area (Å²) in [6.45, 7) is 3.65. The van der Waals surface area contributed by atoms with E-state index in [-0.39, 0.29) is 26.1 Å². The molecule has 5 heteroatoms. The molecule has 0 heterocycles. The van der Waals surface area contributed by atoms with E-state index in [9.17, 15) is 14.4 Å². The Morgan fingerprint density at radius 2 is 1.63 bits per heavy atom. The van der Waals surface area contributed by atoms with Crippen molar-refractivity contribution in [3.63, 3.8) is 0 Å². The molecule has 0 radical (unpaired) electrons. The fourth-order valence-electron chi connectivity index (χ4n) is 1.78. The normalized spacial score (nSPS) is 13.7. The van der Waals surface area contributed by atoms with Crippen LogP contribution in [-0.4, -0.2) is 31.4 Å². The van der Waals surface area contributed by atoms with Crippen LogP contribution in [0, 0.1) is 5.41 Å². The lowest BCUT2D eigenvalue weighted by atomic mass is 9.81.